The number of hydrogen-bond acceptors (Lipinski definition) is 5. The lowest BCUT2D eigenvalue weighted by Crippen LogP contribution is -2.17. The first kappa shape index (κ1) is 14.3. The molecule has 0 saturated heterocycles. The zero-order chi connectivity index (χ0) is 14.5. The molecule has 0 spiro atoms. The number of ether oxygens (including phenoxy) is 3. The summed E-state index contributed by atoms with van der Waals surface area (Å²) in [6, 6.07) is 3.31. The third-order valence-electron chi connectivity index (χ3n) is 2.70. The number of fused-ring (bicyclic) bond motifs is 1. The maximum absolute atomic E-state index is 11.6. The van der Waals surface area contributed by atoms with Crippen molar-refractivity contribution >= 4 is 17.5 Å². The van der Waals surface area contributed by atoms with Crippen molar-refractivity contribution in [3.05, 3.63) is 12.1 Å². The first-order valence-electron chi connectivity index (χ1n) is 6.69. The fourth-order valence-corrected chi connectivity index (χ4v) is 1.72. The molecule has 1 heterocycles. The summed E-state index contributed by atoms with van der Waals surface area (Å²) in [4.78, 5) is 11.6. The number of carbonyl (C=O) groups excluding carboxylic acids is 1. The van der Waals surface area contributed by atoms with Gasteiger partial charge in [-0.1, -0.05) is 13.8 Å². The van der Waals surface area contributed by atoms with Gasteiger partial charge in [-0.2, -0.15) is 0 Å². The average molecular weight is 280 g/mol. The minimum atomic E-state index is -0.528. The zero-order valence-electron chi connectivity index (χ0n) is 11.8. The number of anilines is 2. The summed E-state index contributed by atoms with van der Waals surface area (Å²) in [7, 11) is 0. The van der Waals surface area contributed by atoms with E-state index in [-0.39, 0.29) is 5.92 Å². The molecule has 0 atom stereocenters. The Balaban J connectivity index is 2.08. The molecular weight excluding hydrogens is 260 g/mol. The van der Waals surface area contributed by atoms with E-state index in [1.165, 1.54) is 0 Å². The number of nitrogen functional groups attached to an aromatic ring is 1. The fraction of sp³-hybridized carbons (Fsp3) is 0.500. The van der Waals surface area contributed by atoms with Gasteiger partial charge < -0.3 is 19.9 Å². The van der Waals surface area contributed by atoms with Crippen LogP contribution in [0.4, 0.5) is 16.2 Å². The van der Waals surface area contributed by atoms with Crippen LogP contribution in [0.1, 0.15) is 20.3 Å². The van der Waals surface area contributed by atoms with Crippen LogP contribution in [0.5, 0.6) is 11.5 Å². The summed E-state index contributed by atoms with van der Waals surface area (Å²) in [5.74, 6) is 1.46. The third kappa shape index (κ3) is 3.69. The highest BCUT2D eigenvalue weighted by Crippen LogP contribution is 2.36. The molecule has 0 unspecified atom stereocenters. The van der Waals surface area contributed by atoms with Crippen molar-refractivity contribution in [2.24, 2.45) is 5.92 Å². The molecule has 0 aliphatic carbocycles. The molecular formula is C14H20N2O4. The van der Waals surface area contributed by atoms with E-state index >= 15 is 0 Å². The summed E-state index contributed by atoms with van der Waals surface area (Å²) in [5.41, 5.74) is 6.77. The summed E-state index contributed by atoms with van der Waals surface area (Å²) in [6.07, 6.45) is 0.285. The molecule has 2 rings (SSSR count). The second-order valence-corrected chi connectivity index (χ2v) is 5.05. The topological polar surface area (TPSA) is 82.8 Å². The largest absolute Gasteiger partial charge is 0.489 e. The van der Waals surface area contributed by atoms with Crippen molar-refractivity contribution in [3.63, 3.8) is 0 Å². The Morgan fingerprint density at radius 1 is 1.35 bits per heavy atom. The molecule has 0 saturated carbocycles. The Labute approximate surface area is 118 Å². The highest BCUT2D eigenvalue weighted by molar-refractivity contribution is 5.90. The van der Waals surface area contributed by atoms with Crippen molar-refractivity contribution in [2.45, 2.75) is 20.3 Å². The van der Waals surface area contributed by atoms with Gasteiger partial charge in [-0.15, -0.1) is 0 Å². The Morgan fingerprint density at radius 2 is 2.00 bits per heavy atom. The highest BCUT2D eigenvalue weighted by Gasteiger charge is 2.15. The Bertz CT molecular complexity index is 488. The standard InChI is InChI=1S/C14H20N2O4/c1-9(2)8-20-14(17)16-11-7-13-12(6-10(11)15)18-4-3-5-19-13/h6-7,9H,3-5,8,15H2,1-2H3,(H,16,17). The van der Waals surface area contributed by atoms with Crippen molar-refractivity contribution in [2.75, 3.05) is 30.9 Å². The van der Waals surface area contributed by atoms with E-state index < -0.39 is 6.09 Å². The molecule has 1 amide bonds. The Kier molecular flexibility index (Phi) is 4.55. The van der Waals surface area contributed by atoms with Gasteiger partial charge in [-0.05, 0) is 5.92 Å². The minimum Gasteiger partial charge on any atom is -0.489 e. The first-order chi connectivity index (χ1) is 9.56. The molecule has 20 heavy (non-hydrogen) atoms. The van der Waals surface area contributed by atoms with Crippen molar-refractivity contribution < 1.29 is 19.0 Å². The second kappa shape index (κ2) is 6.36. The van der Waals surface area contributed by atoms with Crippen molar-refractivity contribution in [1.29, 1.82) is 0 Å². The van der Waals surface area contributed by atoms with E-state index in [1.54, 1.807) is 12.1 Å². The van der Waals surface area contributed by atoms with E-state index in [0.29, 0.717) is 42.7 Å². The van der Waals surface area contributed by atoms with Gasteiger partial charge in [-0.25, -0.2) is 4.79 Å². The number of rotatable bonds is 3. The van der Waals surface area contributed by atoms with Crippen LogP contribution in [-0.4, -0.2) is 25.9 Å². The van der Waals surface area contributed by atoms with E-state index in [9.17, 15) is 4.79 Å². The predicted octanol–water partition coefficient (Wildman–Crippen LogP) is 2.63. The van der Waals surface area contributed by atoms with Crippen LogP contribution in [0, 0.1) is 5.92 Å². The van der Waals surface area contributed by atoms with Crippen LogP contribution in [0.2, 0.25) is 0 Å². The Morgan fingerprint density at radius 3 is 2.65 bits per heavy atom. The number of nitrogens with two attached hydrogens (primary N) is 1. The summed E-state index contributed by atoms with van der Waals surface area (Å²) in [6.45, 7) is 5.46. The lowest BCUT2D eigenvalue weighted by molar-refractivity contribution is 0.147. The predicted molar refractivity (Wildman–Crippen MR) is 76.3 cm³/mol. The maximum atomic E-state index is 11.6. The molecule has 6 nitrogen and oxygen atoms in total. The third-order valence-corrected chi connectivity index (χ3v) is 2.70. The van der Waals surface area contributed by atoms with Crippen LogP contribution in [0.15, 0.2) is 12.1 Å². The normalized spacial score (nSPS) is 13.8. The summed E-state index contributed by atoms with van der Waals surface area (Å²) in [5, 5.41) is 2.61. The number of amides is 1. The number of hydrogen-bond donors (Lipinski definition) is 2. The van der Waals surface area contributed by atoms with Crippen LogP contribution >= 0.6 is 0 Å². The van der Waals surface area contributed by atoms with E-state index in [2.05, 4.69) is 5.32 Å². The van der Waals surface area contributed by atoms with Gasteiger partial charge in [-0.3, -0.25) is 5.32 Å². The first-order valence-corrected chi connectivity index (χ1v) is 6.69. The quantitative estimate of drug-likeness (QED) is 0.832. The average Bonchev–Trinajstić information content (AvgIpc) is 2.62. The zero-order valence-corrected chi connectivity index (χ0v) is 11.8. The molecule has 1 aliphatic rings. The molecule has 0 aromatic heterocycles. The molecule has 0 radical (unpaired) electrons. The second-order valence-electron chi connectivity index (χ2n) is 5.05. The monoisotopic (exact) mass is 280 g/mol. The lowest BCUT2D eigenvalue weighted by Gasteiger charge is -2.13. The van der Waals surface area contributed by atoms with Gasteiger partial charge in [0.25, 0.3) is 0 Å². The number of carbonyl (C=O) groups is 1. The van der Waals surface area contributed by atoms with Crippen LogP contribution in [0.3, 0.4) is 0 Å². The van der Waals surface area contributed by atoms with Gasteiger partial charge >= 0.3 is 6.09 Å². The Hall–Kier alpha value is -2.11. The van der Waals surface area contributed by atoms with Crippen LogP contribution in [-0.2, 0) is 4.74 Å². The van der Waals surface area contributed by atoms with E-state index in [1.807, 2.05) is 13.8 Å². The molecule has 0 fully saturated rings. The van der Waals surface area contributed by atoms with Gasteiger partial charge in [0.2, 0.25) is 0 Å². The lowest BCUT2D eigenvalue weighted by atomic mass is 10.2. The van der Waals surface area contributed by atoms with Gasteiger partial charge in [0.15, 0.2) is 11.5 Å². The van der Waals surface area contributed by atoms with Crippen LogP contribution < -0.4 is 20.5 Å². The number of nitrogens with one attached hydrogen (secondary N) is 1. The maximum Gasteiger partial charge on any atom is 0.411 e. The number of benzene rings is 1. The molecule has 0 bridgehead atoms. The van der Waals surface area contributed by atoms with E-state index in [0.717, 1.165) is 6.42 Å². The molecule has 110 valence electrons. The van der Waals surface area contributed by atoms with Crippen LogP contribution in [0.25, 0.3) is 0 Å². The molecule has 3 N–H and O–H groups in total. The molecule has 1 aromatic carbocycles. The summed E-state index contributed by atoms with van der Waals surface area (Å²) < 4.78 is 16.1. The fourth-order valence-electron chi connectivity index (χ4n) is 1.72. The SMILES string of the molecule is CC(C)COC(=O)Nc1cc2c(cc1N)OCCCO2. The smallest absolute Gasteiger partial charge is 0.411 e. The molecule has 6 heteroatoms. The highest BCUT2D eigenvalue weighted by atomic mass is 16.5. The van der Waals surface area contributed by atoms with E-state index in [4.69, 9.17) is 19.9 Å². The molecule has 1 aromatic rings. The van der Waals surface area contributed by atoms with Gasteiger partial charge in [0.1, 0.15) is 0 Å². The summed E-state index contributed by atoms with van der Waals surface area (Å²) >= 11 is 0. The van der Waals surface area contributed by atoms with Gasteiger partial charge in [0.05, 0.1) is 31.2 Å². The van der Waals surface area contributed by atoms with Gasteiger partial charge in [0, 0.05) is 18.6 Å². The minimum absolute atomic E-state index is 0.280. The van der Waals surface area contributed by atoms with Crippen molar-refractivity contribution in [1.82, 2.24) is 0 Å². The van der Waals surface area contributed by atoms with Crippen molar-refractivity contribution in [3.8, 4) is 11.5 Å². The molecule has 1 aliphatic heterocycles.